The summed E-state index contributed by atoms with van der Waals surface area (Å²) in [6.07, 6.45) is 4.26. The van der Waals surface area contributed by atoms with Crippen LogP contribution in [0.3, 0.4) is 0 Å². The summed E-state index contributed by atoms with van der Waals surface area (Å²) in [7, 11) is 0. The molecule has 0 spiro atoms. The lowest BCUT2D eigenvalue weighted by Gasteiger charge is -2.26. The Morgan fingerprint density at radius 2 is 2.47 bits per heavy atom. The summed E-state index contributed by atoms with van der Waals surface area (Å²) in [6.45, 7) is 4.23. The lowest BCUT2D eigenvalue weighted by Crippen LogP contribution is -2.32. The number of halogens is 1. The number of alkyl halides is 1. The molecule has 0 aliphatic carbocycles. The number of rotatable bonds is 4. The van der Waals surface area contributed by atoms with Gasteiger partial charge in [-0.3, -0.25) is 4.98 Å². The van der Waals surface area contributed by atoms with Crippen molar-refractivity contribution in [2.24, 2.45) is 5.92 Å². The third kappa shape index (κ3) is 3.16. The molecule has 0 amide bonds. The van der Waals surface area contributed by atoms with Crippen LogP contribution in [0.2, 0.25) is 0 Å². The van der Waals surface area contributed by atoms with Gasteiger partial charge in [-0.1, -0.05) is 0 Å². The van der Waals surface area contributed by atoms with Crippen LogP contribution < -0.4 is 10.1 Å². The normalized spacial score (nSPS) is 22.1. The molecule has 1 fully saturated rings. The first-order chi connectivity index (χ1) is 8.31. The Morgan fingerprint density at radius 3 is 3.18 bits per heavy atom. The van der Waals surface area contributed by atoms with E-state index in [1.54, 1.807) is 18.5 Å². The lowest BCUT2D eigenvalue weighted by atomic mass is 9.91. The maximum atomic E-state index is 14.3. The highest BCUT2D eigenvalue weighted by atomic mass is 19.1. The quantitative estimate of drug-likeness (QED) is 0.875. The predicted molar refractivity (Wildman–Crippen MR) is 64.8 cm³/mol. The summed E-state index contributed by atoms with van der Waals surface area (Å²) < 4.78 is 19.6. The van der Waals surface area contributed by atoms with E-state index in [0.717, 1.165) is 25.9 Å². The molecule has 1 N–H and O–H groups in total. The minimum atomic E-state index is -0.948. The average Bonchev–Trinajstić information content (AvgIpc) is 2.40. The second-order valence-corrected chi connectivity index (χ2v) is 4.40. The Balaban J connectivity index is 2.06. The van der Waals surface area contributed by atoms with Crippen molar-refractivity contribution < 1.29 is 9.13 Å². The Morgan fingerprint density at radius 1 is 1.59 bits per heavy atom. The molecule has 1 aliphatic heterocycles. The Bertz CT molecular complexity index is 353. The van der Waals surface area contributed by atoms with E-state index in [-0.39, 0.29) is 5.92 Å². The number of hydrogen-bond donors (Lipinski definition) is 1. The number of nitrogens with one attached hydrogen (secondary N) is 1. The SMILES string of the molecule is CCOc1cncc(C(F)C2CCCNC2)c1. The molecule has 1 aromatic heterocycles. The van der Waals surface area contributed by atoms with Crippen molar-refractivity contribution in [2.75, 3.05) is 19.7 Å². The summed E-state index contributed by atoms with van der Waals surface area (Å²) >= 11 is 0. The average molecular weight is 238 g/mol. The Kier molecular flexibility index (Phi) is 4.31. The van der Waals surface area contributed by atoms with Gasteiger partial charge in [0.15, 0.2) is 0 Å². The standard InChI is InChI=1S/C13H19FN2O/c1-2-17-12-6-11(8-16-9-12)13(14)10-4-3-5-15-7-10/h6,8-10,13,15H,2-5,7H2,1H3. The van der Waals surface area contributed by atoms with Crippen LogP contribution in [-0.4, -0.2) is 24.7 Å². The maximum absolute atomic E-state index is 14.3. The highest BCUT2D eigenvalue weighted by Gasteiger charge is 2.25. The van der Waals surface area contributed by atoms with Crippen molar-refractivity contribution in [1.82, 2.24) is 10.3 Å². The fraction of sp³-hybridized carbons (Fsp3) is 0.615. The summed E-state index contributed by atoms with van der Waals surface area (Å²) in [4.78, 5) is 4.03. The topological polar surface area (TPSA) is 34.1 Å². The molecule has 2 unspecified atom stereocenters. The summed E-state index contributed by atoms with van der Waals surface area (Å²) in [5.41, 5.74) is 0.629. The first kappa shape index (κ1) is 12.3. The van der Waals surface area contributed by atoms with Gasteiger partial charge in [-0.2, -0.15) is 0 Å². The highest BCUT2D eigenvalue weighted by Crippen LogP contribution is 2.31. The van der Waals surface area contributed by atoms with Gasteiger partial charge in [0, 0.05) is 24.2 Å². The Hall–Kier alpha value is -1.16. The van der Waals surface area contributed by atoms with Crippen LogP contribution in [0.15, 0.2) is 18.5 Å². The van der Waals surface area contributed by atoms with E-state index in [9.17, 15) is 4.39 Å². The zero-order valence-electron chi connectivity index (χ0n) is 10.2. The van der Waals surface area contributed by atoms with Crippen LogP contribution in [0.25, 0.3) is 0 Å². The first-order valence-corrected chi connectivity index (χ1v) is 6.23. The molecule has 4 heteroatoms. The van der Waals surface area contributed by atoms with Gasteiger partial charge in [0.2, 0.25) is 0 Å². The second kappa shape index (κ2) is 5.96. The zero-order valence-corrected chi connectivity index (χ0v) is 10.2. The third-order valence-corrected chi connectivity index (χ3v) is 3.11. The van der Waals surface area contributed by atoms with Crippen molar-refractivity contribution in [3.05, 3.63) is 24.0 Å². The van der Waals surface area contributed by atoms with E-state index in [1.807, 2.05) is 6.92 Å². The summed E-state index contributed by atoms with van der Waals surface area (Å²) in [5, 5.41) is 3.23. The molecule has 2 rings (SSSR count). The highest BCUT2D eigenvalue weighted by molar-refractivity contribution is 5.25. The van der Waals surface area contributed by atoms with Crippen LogP contribution in [0.5, 0.6) is 5.75 Å². The number of hydrogen-bond acceptors (Lipinski definition) is 3. The van der Waals surface area contributed by atoms with Crippen LogP contribution in [0.1, 0.15) is 31.5 Å². The molecule has 1 aromatic rings. The van der Waals surface area contributed by atoms with Gasteiger partial charge < -0.3 is 10.1 Å². The molecule has 0 saturated carbocycles. The van der Waals surface area contributed by atoms with Crippen molar-refractivity contribution in [1.29, 1.82) is 0 Å². The Labute approximate surface area is 101 Å². The minimum absolute atomic E-state index is 0.0578. The van der Waals surface area contributed by atoms with Gasteiger partial charge in [-0.25, -0.2) is 4.39 Å². The van der Waals surface area contributed by atoms with Crippen molar-refractivity contribution in [3.63, 3.8) is 0 Å². The number of ether oxygens (including phenoxy) is 1. The van der Waals surface area contributed by atoms with Crippen molar-refractivity contribution in [3.8, 4) is 5.75 Å². The molecule has 1 saturated heterocycles. The fourth-order valence-electron chi connectivity index (χ4n) is 2.23. The number of nitrogens with zero attached hydrogens (tertiary/aromatic N) is 1. The van der Waals surface area contributed by atoms with Crippen molar-refractivity contribution in [2.45, 2.75) is 25.9 Å². The molecule has 2 heterocycles. The first-order valence-electron chi connectivity index (χ1n) is 6.23. The van der Waals surface area contributed by atoms with Crippen LogP contribution in [0, 0.1) is 5.92 Å². The van der Waals surface area contributed by atoms with Crippen LogP contribution >= 0.6 is 0 Å². The third-order valence-electron chi connectivity index (χ3n) is 3.11. The smallest absolute Gasteiger partial charge is 0.137 e. The summed E-state index contributed by atoms with van der Waals surface area (Å²) in [5.74, 6) is 0.707. The number of aromatic nitrogens is 1. The lowest BCUT2D eigenvalue weighted by molar-refractivity contribution is 0.193. The molecule has 2 atom stereocenters. The molecule has 17 heavy (non-hydrogen) atoms. The van der Waals surface area contributed by atoms with Crippen LogP contribution in [0.4, 0.5) is 4.39 Å². The maximum Gasteiger partial charge on any atom is 0.137 e. The fourth-order valence-corrected chi connectivity index (χ4v) is 2.23. The van der Waals surface area contributed by atoms with Gasteiger partial charge >= 0.3 is 0 Å². The molecule has 0 radical (unpaired) electrons. The molecule has 0 bridgehead atoms. The van der Waals surface area contributed by atoms with E-state index in [0.29, 0.717) is 17.9 Å². The van der Waals surface area contributed by atoms with E-state index < -0.39 is 6.17 Å². The molecular formula is C13H19FN2O. The molecule has 94 valence electrons. The van der Waals surface area contributed by atoms with E-state index >= 15 is 0 Å². The zero-order chi connectivity index (χ0) is 12.1. The molecule has 0 aromatic carbocycles. The van der Waals surface area contributed by atoms with Gasteiger partial charge in [0.1, 0.15) is 11.9 Å². The molecule has 3 nitrogen and oxygen atoms in total. The predicted octanol–water partition coefficient (Wildman–Crippen LogP) is 2.49. The molecule has 1 aliphatic rings. The summed E-state index contributed by atoms with van der Waals surface area (Å²) in [6, 6.07) is 1.76. The van der Waals surface area contributed by atoms with Gasteiger partial charge in [0.25, 0.3) is 0 Å². The van der Waals surface area contributed by atoms with Gasteiger partial charge in [-0.05, 0) is 32.4 Å². The van der Waals surface area contributed by atoms with Gasteiger partial charge in [-0.15, -0.1) is 0 Å². The van der Waals surface area contributed by atoms with E-state index in [1.165, 1.54) is 0 Å². The number of pyridine rings is 1. The van der Waals surface area contributed by atoms with Crippen molar-refractivity contribution >= 4 is 0 Å². The molecular weight excluding hydrogens is 219 g/mol. The van der Waals surface area contributed by atoms with Gasteiger partial charge in [0.05, 0.1) is 12.8 Å². The largest absolute Gasteiger partial charge is 0.492 e. The van der Waals surface area contributed by atoms with Crippen LogP contribution in [-0.2, 0) is 0 Å². The second-order valence-electron chi connectivity index (χ2n) is 4.40. The monoisotopic (exact) mass is 238 g/mol. The van der Waals surface area contributed by atoms with E-state index in [2.05, 4.69) is 10.3 Å². The van der Waals surface area contributed by atoms with E-state index in [4.69, 9.17) is 4.74 Å². The minimum Gasteiger partial charge on any atom is -0.492 e. The number of piperidine rings is 1.